The highest BCUT2D eigenvalue weighted by atomic mass is 16.1. The Hall–Kier alpha value is -3.34. The second kappa shape index (κ2) is 6.04. The predicted molar refractivity (Wildman–Crippen MR) is 92.6 cm³/mol. The maximum atomic E-state index is 12.6. The quantitative estimate of drug-likeness (QED) is 0.583. The van der Waals surface area contributed by atoms with Crippen molar-refractivity contribution < 1.29 is 0 Å². The summed E-state index contributed by atoms with van der Waals surface area (Å²) in [6.07, 6.45) is 6.73. The van der Waals surface area contributed by atoms with Gasteiger partial charge in [0.25, 0.3) is 5.56 Å². The topological polar surface area (TPSA) is 60.7 Å². The Morgan fingerprint density at radius 1 is 0.875 bits per heavy atom. The molecule has 0 saturated heterocycles. The Morgan fingerprint density at radius 2 is 1.75 bits per heavy atom. The molecular weight excluding hydrogens is 300 g/mol. The van der Waals surface area contributed by atoms with E-state index in [2.05, 4.69) is 21.0 Å². The van der Waals surface area contributed by atoms with E-state index in [1.54, 1.807) is 41.6 Å². The number of pyridine rings is 2. The molecule has 0 atom stereocenters. The zero-order chi connectivity index (χ0) is 16.4. The van der Waals surface area contributed by atoms with Crippen LogP contribution in [0.3, 0.4) is 0 Å². The minimum atomic E-state index is -0.0811. The summed E-state index contributed by atoms with van der Waals surface area (Å²) in [7, 11) is 0. The van der Waals surface area contributed by atoms with Crippen molar-refractivity contribution in [1.29, 1.82) is 0 Å². The smallest absolute Gasteiger partial charge is 0.263 e. The summed E-state index contributed by atoms with van der Waals surface area (Å²) in [4.78, 5) is 25.0. The normalized spacial score (nSPS) is 10.8. The van der Waals surface area contributed by atoms with Crippen molar-refractivity contribution in [2.24, 2.45) is 0 Å². The molecule has 3 aromatic heterocycles. The molecule has 0 saturated carbocycles. The molecule has 0 aliphatic heterocycles. The van der Waals surface area contributed by atoms with E-state index in [4.69, 9.17) is 0 Å². The van der Waals surface area contributed by atoms with Gasteiger partial charge in [0, 0.05) is 18.6 Å². The van der Waals surface area contributed by atoms with Gasteiger partial charge in [0.05, 0.1) is 11.9 Å². The first-order valence-electron chi connectivity index (χ1n) is 7.61. The Bertz CT molecular complexity index is 1060. The van der Waals surface area contributed by atoms with Gasteiger partial charge in [-0.3, -0.25) is 14.3 Å². The van der Waals surface area contributed by atoms with Crippen molar-refractivity contribution in [2.75, 3.05) is 0 Å². The molecular formula is C19H14N4O. The molecule has 24 heavy (non-hydrogen) atoms. The summed E-state index contributed by atoms with van der Waals surface area (Å²) < 4.78 is 1.61. The highest BCUT2D eigenvalue weighted by Crippen LogP contribution is 2.19. The molecule has 4 rings (SSSR count). The van der Waals surface area contributed by atoms with Crippen LogP contribution in [0.1, 0.15) is 5.56 Å². The molecule has 0 aliphatic rings. The van der Waals surface area contributed by atoms with Crippen LogP contribution in [-0.4, -0.2) is 19.5 Å². The molecule has 0 radical (unpaired) electrons. The summed E-state index contributed by atoms with van der Waals surface area (Å²) in [5.74, 6) is 0. The Labute approximate surface area is 138 Å². The zero-order valence-corrected chi connectivity index (χ0v) is 12.8. The first kappa shape index (κ1) is 14.3. The van der Waals surface area contributed by atoms with Crippen LogP contribution in [0.15, 0.2) is 78.2 Å². The SMILES string of the molecule is O=c1c2cccnc2ncn1Cc1cccc(-c2ccncc2)c1. The number of aromatic nitrogens is 4. The van der Waals surface area contributed by atoms with Crippen LogP contribution in [-0.2, 0) is 6.54 Å². The first-order valence-corrected chi connectivity index (χ1v) is 7.61. The number of benzene rings is 1. The number of hydrogen-bond acceptors (Lipinski definition) is 4. The molecule has 5 heteroatoms. The third-order valence-electron chi connectivity index (χ3n) is 3.89. The lowest BCUT2D eigenvalue weighted by Crippen LogP contribution is -2.21. The van der Waals surface area contributed by atoms with Gasteiger partial charge in [-0.15, -0.1) is 0 Å². The van der Waals surface area contributed by atoms with Gasteiger partial charge in [0.1, 0.15) is 6.33 Å². The molecule has 0 bridgehead atoms. The third-order valence-corrected chi connectivity index (χ3v) is 3.89. The average Bonchev–Trinajstić information content (AvgIpc) is 2.65. The lowest BCUT2D eigenvalue weighted by Gasteiger charge is -2.08. The highest BCUT2D eigenvalue weighted by Gasteiger charge is 2.06. The molecule has 0 spiro atoms. The van der Waals surface area contributed by atoms with Crippen LogP contribution in [0.25, 0.3) is 22.2 Å². The van der Waals surface area contributed by atoms with Gasteiger partial charge >= 0.3 is 0 Å². The molecule has 4 aromatic rings. The lowest BCUT2D eigenvalue weighted by molar-refractivity contribution is 0.747. The zero-order valence-electron chi connectivity index (χ0n) is 12.8. The fourth-order valence-corrected chi connectivity index (χ4v) is 2.70. The first-order chi connectivity index (χ1) is 11.8. The highest BCUT2D eigenvalue weighted by molar-refractivity contribution is 5.72. The van der Waals surface area contributed by atoms with Crippen molar-refractivity contribution in [3.63, 3.8) is 0 Å². The Morgan fingerprint density at radius 3 is 2.62 bits per heavy atom. The summed E-state index contributed by atoms with van der Waals surface area (Å²) in [6.45, 7) is 0.468. The van der Waals surface area contributed by atoms with E-state index in [9.17, 15) is 4.79 Å². The second-order valence-electron chi connectivity index (χ2n) is 5.49. The fraction of sp³-hybridized carbons (Fsp3) is 0.0526. The van der Waals surface area contributed by atoms with Crippen LogP contribution < -0.4 is 5.56 Å². The van der Waals surface area contributed by atoms with Gasteiger partial charge in [0.15, 0.2) is 5.65 Å². The van der Waals surface area contributed by atoms with E-state index in [-0.39, 0.29) is 5.56 Å². The maximum Gasteiger partial charge on any atom is 0.263 e. The minimum Gasteiger partial charge on any atom is -0.294 e. The molecule has 1 aromatic carbocycles. The van der Waals surface area contributed by atoms with Gasteiger partial charge in [-0.1, -0.05) is 18.2 Å². The van der Waals surface area contributed by atoms with Crippen LogP contribution in [0.5, 0.6) is 0 Å². The molecule has 0 fully saturated rings. The van der Waals surface area contributed by atoms with Crippen LogP contribution >= 0.6 is 0 Å². The van der Waals surface area contributed by atoms with E-state index >= 15 is 0 Å². The fourth-order valence-electron chi connectivity index (χ4n) is 2.70. The molecule has 5 nitrogen and oxygen atoms in total. The monoisotopic (exact) mass is 314 g/mol. The summed E-state index contributed by atoms with van der Waals surface area (Å²) in [6, 6.07) is 15.6. The van der Waals surface area contributed by atoms with Crippen molar-refractivity contribution in [2.45, 2.75) is 6.54 Å². The second-order valence-corrected chi connectivity index (χ2v) is 5.49. The predicted octanol–water partition coefficient (Wildman–Crippen LogP) is 2.90. The summed E-state index contributed by atoms with van der Waals surface area (Å²) >= 11 is 0. The van der Waals surface area contributed by atoms with Crippen LogP contribution in [0, 0.1) is 0 Å². The van der Waals surface area contributed by atoms with E-state index in [1.807, 2.05) is 30.3 Å². The third kappa shape index (κ3) is 2.67. The van der Waals surface area contributed by atoms with Gasteiger partial charge in [0.2, 0.25) is 0 Å². The lowest BCUT2D eigenvalue weighted by atomic mass is 10.0. The van der Waals surface area contributed by atoms with Crippen molar-refractivity contribution >= 4 is 11.0 Å². The van der Waals surface area contributed by atoms with Gasteiger partial charge in [-0.2, -0.15) is 0 Å². The van der Waals surface area contributed by atoms with Gasteiger partial charge in [-0.25, -0.2) is 9.97 Å². The number of nitrogens with zero attached hydrogens (tertiary/aromatic N) is 4. The van der Waals surface area contributed by atoms with Crippen LogP contribution in [0.2, 0.25) is 0 Å². The number of rotatable bonds is 3. The minimum absolute atomic E-state index is 0.0811. The molecule has 3 heterocycles. The van der Waals surface area contributed by atoms with Crippen LogP contribution in [0.4, 0.5) is 0 Å². The van der Waals surface area contributed by atoms with Gasteiger partial charge < -0.3 is 0 Å². The molecule has 0 unspecified atom stereocenters. The average molecular weight is 314 g/mol. The van der Waals surface area contributed by atoms with Gasteiger partial charge in [-0.05, 0) is 47.0 Å². The summed E-state index contributed by atoms with van der Waals surface area (Å²) in [5.41, 5.74) is 3.63. The Kier molecular flexibility index (Phi) is 3.59. The standard InChI is InChI=1S/C19H14N4O/c24-19-17-5-2-8-21-18(17)22-13-23(19)12-14-3-1-4-16(11-14)15-6-9-20-10-7-15/h1-11,13H,12H2. The van der Waals surface area contributed by atoms with E-state index in [0.29, 0.717) is 17.6 Å². The molecule has 0 aliphatic carbocycles. The van der Waals surface area contributed by atoms with Crippen molar-refractivity contribution in [3.8, 4) is 11.1 Å². The molecule has 0 N–H and O–H groups in total. The Balaban J connectivity index is 1.72. The largest absolute Gasteiger partial charge is 0.294 e. The maximum absolute atomic E-state index is 12.6. The van der Waals surface area contributed by atoms with E-state index in [1.165, 1.54) is 0 Å². The number of hydrogen-bond donors (Lipinski definition) is 0. The van der Waals surface area contributed by atoms with Crippen molar-refractivity contribution in [1.82, 2.24) is 19.5 Å². The molecule has 0 amide bonds. The van der Waals surface area contributed by atoms with Crippen molar-refractivity contribution in [3.05, 3.63) is 89.4 Å². The molecule has 116 valence electrons. The summed E-state index contributed by atoms with van der Waals surface area (Å²) in [5, 5.41) is 0.533. The number of fused-ring (bicyclic) bond motifs is 1. The van der Waals surface area contributed by atoms with E-state index in [0.717, 1.165) is 16.7 Å². The van der Waals surface area contributed by atoms with E-state index < -0.39 is 0 Å².